The normalized spacial score (nSPS) is 18.9. The molecule has 5 rings (SSSR count). The third-order valence-electron chi connectivity index (χ3n) is 6.89. The zero-order valence-corrected chi connectivity index (χ0v) is 20.4. The number of hydrogen-bond donors (Lipinski definition) is 2. The number of halogens is 3. The molecule has 0 saturated carbocycles. The number of aromatic amines is 1. The average molecular weight is 512 g/mol. The van der Waals surface area contributed by atoms with Gasteiger partial charge < -0.3 is 15.0 Å². The molecular weight excluding hydrogens is 483 g/mol. The van der Waals surface area contributed by atoms with Crippen LogP contribution in [0.5, 0.6) is 0 Å². The molecule has 37 heavy (non-hydrogen) atoms. The number of benzene rings is 1. The van der Waals surface area contributed by atoms with Crippen molar-refractivity contribution in [2.75, 3.05) is 31.6 Å². The van der Waals surface area contributed by atoms with Gasteiger partial charge in [0.15, 0.2) is 0 Å². The Kier molecular flexibility index (Phi) is 7.12. The van der Waals surface area contributed by atoms with Crippen LogP contribution in [-0.2, 0) is 10.9 Å². The van der Waals surface area contributed by atoms with E-state index in [0.29, 0.717) is 23.1 Å². The lowest BCUT2D eigenvalue weighted by molar-refractivity contribution is -0.137. The molecule has 1 saturated heterocycles. The Bertz CT molecular complexity index is 1290. The molecule has 2 N–H and O–H groups in total. The summed E-state index contributed by atoms with van der Waals surface area (Å²) in [6.07, 6.45) is 3.92. The topological polar surface area (TPSA) is 83.1 Å². The molecule has 1 amide bonds. The number of aryl methyl sites for hydroxylation is 1. The number of carbonyl (C=O) groups is 1. The molecule has 1 aliphatic heterocycles. The molecule has 194 valence electrons. The summed E-state index contributed by atoms with van der Waals surface area (Å²) in [6.45, 7) is 5.56. The van der Waals surface area contributed by atoms with Gasteiger partial charge in [0, 0.05) is 24.7 Å². The monoisotopic (exact) mass is 511 g/mol. The van der Waals surface area contributed by atoms with Crippen LogP contribution in [0.3, 0.4) is 0 Å². The van der Waals surface area contributed by atoms with Crippen LogP contribution in [0.25, 0.3) is 17.0 Å². The van der Waals surface area contributed by atoms with Crippen LogP contribution < -0.4 is 5.32 Å². The van der Waals surface area contributed by atoms with Crippen LogP contribution in [0.15, 0.2) is 48.8 Å². The van der Waals surface area contributed by atoms with Gasteiger partial charge in [0.25, 0.3) is 5.91 Å². The lowest BCUT2D eigenvalue weighted by Gasteiger charge is -2.36. The standard InChI is InChI=1S/C27H28F3N5O2/c1-17-14-21(15-31-24(17)18-4-8-22(9-5-18)35-10-12-37-13-11-35)33-26(36)23-16-32-25(34-23)19-2-6-20(7-3-19)27(28,29)30/h2-4,6-7,14-16,22H,5,8-13H2,1H3,(H,32,34)(H,33,36). The van der Waals surface area contributed by atoms with Gasteiger partial charge in [-0.25, -0.2) is 4.98 Å². The van der Waals surface area contributed by atoms with Crippen LogP contribution in [0.4, 0.5) is 18.9 Å². The van der Waals surface area contributed by atoms with Gasteiger partial charge in [0.05, 0.1) is 42.6 Å². The van der Waals surface area contributed by atoms with E-state index in [0.717, 1.165) is 69.0 Å². The average Bonchev–Trinajstić information content (AvgIpc) is 3.40. The number of amides is 1. The van der Waals surface area contributed by atoms with Crippen molar-refractivity contribution in [2.24, 2.45) is 0 Å². The van der Waals surface area contributed by atoms with Crippen molar-refractivity contribution in [2.45, 2.75) is 38.4 Å². The van der Waals surface area contributed by atoms with E-state index in [1.54, 1.807) is 6.20 Å². The maximum Gasteiger partial charge on any atom is 0.416 e. The van der Waals surface area contributed by atoms with Crippen molar-refractivity contribution >= 4 is 17.2 Å². The van der Waals surface area contributed by atoms with Gasteiger partial charge in [-0.15, -0.1) is 0 Å². The van der Waals surface area contributed by atoms with Crippen LogP contribution in [0, 0.1) is 6.92 Å². The highest BCUT2D eigenvalue weighted by atomic mass is 19.4. The zero-order chi connectivity index (χ0) is 26.0. The van der Waals surface area contributed by atoms with Gasteiger partial charge >= 0.3 is 6.18 Å². The molecule has 1 aliphatic carbocycles. The van der Waals surface area contributed by atoms with E-state index in [4.69, 9.17) is 4.74 Å². The number of anilines is 1. The number of morpholine rings is 1. The van der Waals surface area contributed by atoms with Crippen molar-refractivity contribution < 1.29 is 22.7 Å². The third-order valence-corrected chi connectivity index (χ3v) is 6.89. The number of carbonyl (C=O) groups excluding carboxylic acids is 1. The number of imidazole rings is 1. The van der Waals surface area contributed by atoms with Gasteiger partial charge in [0.2, 0.25) is 0 Å². The number of ether oxygens (including phenoxy) is 1. The van der Waals surface area contributed by atoms with Crippen molar-refractivity contribution in [3.05, 3.63) is 71.3 Å². The summed E-state index contributed by atoms with van der Waals surface area (Å²) in [4.78, 5) is 26.9. The molecule has 7 nitrogen and oxygen atoms in total. The smallest absolute Gasteiger partial charge is 0.379 e. The van der Waals surface area contributed by atoms with Crippen LogP contribution in [-0.4, -0.2) is 58.1 Å². The molecule has 0 bridgehead atoms. The van der Waals surface area contributed by atoms with E-state index in [-0.39, 0.29) is 5.69 Å². The van der Waals surface area contributed by atoms with E-state index in [1.807, 2.05) is 13.0 Å². The van der Waals surface area contributed by atoms with Gasteiger partial charge in [-0.2, -0.15) is 13.2 Å². The third kappa shape index (κ3) is 5.75. The van der Waals surface area contributed by atoms with E-state index < -0.39 is 17.6 Å². The zero-order valence-electron chi connectivity index (χ0n) is 20.4. The maximum absolute atomic E-state index is 12.8. The first-order valence-corrected chi connectivity index (χ1v) is 12.3. The first kappa shape index (κ1) is 25.2. The highest BCUT2D eigenvalue weighted by molar-refractivity contribution is 6.03. The lowest BCUT2D eigenvalue weighted by Crippen LogP contribution is -2.43. The summed E-state index contributed by atoms with van der Waals surface area (Å²) in [5.74, 6) is -0.104. The van der Waals surface area contributed by atoms with E-state index >= 15 is 0 Å². The molecular formula is C27H28F3N5O2. The first-order chi connectivity index (χ1) is 17.8. The van der Waals surface area contributed by atoms with E-state index in [2.05, 4.69) is 31.2 Å². The summed E-state index contributed by atoms with van der Waals surface area (Å²) in [7, 11) is 0. The Labute approximate surface area is 212 Å². The van der Waals surface area contributed by atoms with Crippen molar-refractivity contribution in [1.82, 2.24) is 19.9 Å². The second-order valence-corrected chi connectivity index (χ2v) is 9.37. The number of pyridine rings is 1. The molecule has 0 radical (unpaired) electrons. The Balaban J connectivity index is 1.22. The minimum Gasteiger partial charge on any atom is -0.379 e. The Morgan fingerprint density at radius 3 is 2.54 bits per heavy atom. The molecule has 0 spiro atoms. The number of nitrogens with one attached hydrogen (secondary N) is 2. The summed E-state index contributed by atoms with van der Waals surface area (Å²) in [5.41, 5.74) is 3.61. The molecule has 1 unspecified atom stereocenters. The summed E-state index contributed by atoms with van der Waals surface area (Å²) in [5, 5.41) is 2.81. The number of alkyl halides is 3. The SMILES string of the molecule is Cc1cc(NC(=O)c2cnc(-c3ccc(C(F)(F)F)cc3)[nH]2)cnc1C1=CCC(N2CCOCC2)CC1. The quantitative estimate of drug-likeness (QED) is 0.485. The van der Waals surface area contributed by atoms with E-state index in [1.165, 1.54) is 23.9 Å². The lowest BCUT2D eigenvalue weighted by atomic mass is 9.90. The number of rotatable bonds is 5. The highest BCUT2D eigenvalue weighted by Gasteiger charge is 2.30. The number of H-pyrrole nitrogens is 1. The Morgan fingerprint density at radius 1 is 1.14 bits per heavy atom. The summed E-state index contributed by atoms with van der Waals surface area (Å²) in [6, 6.07) is 7.04. The minimum atomic E-state index is -4.41. The first-order valence-electron chi connectivity index (χ1n) is 12.3. The highest BCUT2D eigenvalue weighted by Crippen LogP contribution is 2.32. The van der Waals surface area contributed by atoms with Crippen LogP contribution >= 0.6 is 0 Å². The fraction of sp³-hybridized carbons (Fsp3) is 0.370. The van der Waals surface area contributed by atoms with Gasteiger partial charge in [0.1, 0.15) is 11.5 Å². The summed E-state index contributed by atoms with van der Waals surface area (Å²) < 4.78 is 43.8. The number of hydrogen-bond acceptors (Lipinski definition) is 5. The Hall–Kier alpha value is -3.50. The second-order valence-electron chi connectivity index (χ2n) is 9.37. The fourth-order valence-electron chi connectivity index (χ4n) is 4.89. The van der Waals surface area contributed by atoms with Gasteiger partial charge in [-0.1, -0.05) is 18.2 Å². The van der Waals surface area contributed by atoms with Crippen molar-refractivity contribution in [3.63, 3.8) is 0 Å². The molecule has 3 heterocycles. The fourth-order valence-corrected chi connectivity index (χ4v) is 4.89. The molecule has 1 atom stereocenters. The molecule has 2 aliphatic rings. The maximum atomic E-state index is 12.8. The molecule has 1 fully saturated rings. The number of nitrogens with zero attached hydrogens (tertiary/aromatic N) is 3. The molecule has 2 aromatic heterocycles. The summed E-state index contributed by atoms with van der Waals surface area (Å²) >= 11 is 0. The number of aromatic nitrogens is 3. The predicted octanol–water partition coefficient (Wildman–Crippen LogP) is 5.32. The molecule has 3 aromatic rings. The van der Waals surface area contributed by atoms with Crippen molar-refractivity contribution in [3.8, 4) is 11.4 Å². The van der Waals surface area contributed by atoms with E-state index in [9.17, 15) is 18.0 Å². The van der Waals surface area contributed by atoms with Gasteiger partial charge in [-0.3, -0.25) is 14.7 Å². The van der Waals surface area contributed by atoms with Crippen LogP contribution in [0.2, 0.25) is 0 Å². The largest absolute Gasteiger partial charge is 0.416 e. The van der Waals surface area contributed by atoms with Gasteiger partial charge in [-0.05, 0) is 55.5 Å². The Morgan fingerprint density at radius 2 is 1.89 bits per heavy atom. The second kappa shape index (κ2) is 10.5. The van der Waals surface area contributed by atoms with Crippen LogP contribution in [0.1, 0.15) is 46.6 Å². The minimum absolute atomic E-state index is 0.195. The molecule has 1 aromatic carbocycles. The number of allylic oxidation sites excluding steroid dienone is 1. The molecule has 10 heteroatoms. The van der Waals surface area contributed by atoms with Crippen molar-refractivity contribution in [1.29, 1.82) is 0 Å². The predicted molar refractivity (Wildman–Crippen MR) is 134 cm³/mol.